The van der Waals surface area contributed by atoms with Gasteiger partial charge in [0, 0.05) is 5.56 Å². The number of nitrogens with one attached hydrogen (secondary N) is 1. The van der Waals surface area contributed by atoms with E-state index in [9.17, 15) is 14.0 Å². The number of benzene rings is 3. The number of halogens is 2. The van der Waals surface area contributed by atoms with E-state index in [0.29, 0.717) is 16.8 Å². The fraction of sp³-hybridized carbons (Fsp3) is 0. The van der Waals surface area contributed by atoms with Crippen molar-refractivity contribution in [3.8, 4) is 17.2 Å². The van der Waals surface area contributed by atoms with Gasteiger partial charge in [-0.25, -0.2) is 8.78 Å². The topological polar surface area (TPSA) is 35.8 Å². The third kappa shape index (κ3) is 2.90. The van der Waals surface area contributed by atoms with Crippen LogP contribution in [0.15, 0.2) is 66.7 Å². The third-order valence-electron chi connectivity index (χ3n) is 3.48. The molecule has 23 heavy (non-hydrogen) atoms. The van der Waals surface area contributed by atoms with Gasteiger partial charge in [-0.05, 0) is 23.8 Å². The monoisotopic (exact) mass is 306 g/mol. The number of rotatable bonds is 3. The van der Waals surface area contributed by atoms with Crippen LogP contribution in [-0.2, 0) is 0 Å². The van der Waals surface area contributed by atoms with E-state index in [4.69, 9.17) is 0 Å². The summed E-state index contributed by atoms with van der Waals surface area (Å²) in [6.07, 6.45) is 0. The van der Waals surface area contributed by atoms with Crippen LogP contribution in [0.2, 0.25) is 0 Å². The molecule has 0 radical (unpaired) electrons. The number of hydrogen-bond acceptors (Lipinski definition) is 2. The highest BCUT2D eigenvalue weighted by Crippen LogP contribution is 2.31. The molecule has 3 aromatic rings. The molecule has 0 aliphatic carbocycles. The molecule has 0 aliphatic heterocycles. The fourth-order valence-corrected chi connectivity index (χ4v) is 2.39. The molecule has 3 rings (SSSR count). The van der Waals surface area contributed by atoms with Crippen molar-refractivity contribution in [3.63, 3.8) is 0 Å². The molecule has 0 fully saturated rings. The maximum absolute atomic E-state index is 13.8. The molecule has 0 spiro atoms. The summed E-state index contributed by atoms with van der Waals surface area (Å²) >= 11 is 0. The highest BCUT2D eigenvalue weighted by atomic mass is 19.1. The smallest absolute Gasteiger partial charge is 0.149 e. The Labute approximate surface area is 132 Å². The van der Waals surface area contributed by atoms with Gasteiger partial charge < -0.3 is 5.32 Å². The standard InChI is InChI=1S/C19H12F2N2/c20-16-9-5-10-17(21)19(16)23-18-11-4-8-14(15(18)12-22)13-6-2-1-3-7-13/h1-11,23H. The van der Waals surface area contributed by atoms with Gasteiger partial charge in [-0.1, -0.05) is 48.5 Å². The highest BCUT2D eigenvalue weighted by molar-refractivity contribution is 5.80. The Morgan fingerprint density at radius 3 is 2.09 bits per heavy atom. The van der Waals surface area contributed by atoms with Crippen LogP contribution in [0.3, 0.4) is 0 Å². The van der Waals surface area contributed by atoms with E-state index in [0.717, 1.165) is 5.56 Å². The molecular weight excluding hydrogens is 294 g/mol. The van der Waals surface area contributed by atoms with E-state index < -0.39 is 11.6 Å². The van der Waals surface area contributed by atoms with E-state index in [-0.39, 0.29) is 5.69 Å². The number of para-hydroxylation sites is 1. The molecule has 0 aromatic heterocycles. The lowest BCUT2D eigenvalue weighted by Gasteiger charge is -2.13. The summed E-state index contributed by atoms with van der Waals surface area (Å²) in [6, 6.07) is 20.3. The Balaban J connectivity index is 2.10. The average molecular weight is 306 g/mol. The quantitative estimate of drug-likeness (QED) is 0.717. The second-order valence-corrected chi connectivity index (χ2v) is 4.93. The van der Waals surface area contributed by atoms with Crippen LogP contribution in [0.4, 0.5) is 20.2 Å². The van der Waals surface area contributed by atoms with Crippen LogP contribution in [-0.4, -0.2) is 0 Å². The van der Waals surface area contributed by atoms with Crippen LogP contribution in [0.1, 0.15) is 5.56 Å². The van der Waals surface area contributed by atoms with Gasteiger partial charge in [0.05, 0.1) is 11.3 Å². The molecule has 0 bridgehead atoms. The van der Waals surface area contributed by atoms with Crippen LogP contribution in [0.5, 0.6) is 0 Å². The van der Waals surface area contributed by atoms with Gasteiger partial charge in [-0.3, -0.25) is 0 Å². The van der Waals surface area contributed by atoms with Crippen molar-refractivity contribution in [1.29, 1.82) is 5.26 Å². The molecule has 4 heteroatoms. The van der Waals surface area contributed by atoms with E-state index in [1.165, 1.54) is 18.2 Å². The third-order valence-corrected chi connectivity index (χ3v) is 3.48. The predicted octanol–water partition coefficient (Wildman–Crippen LogP) is 5.25. The lowest BCUT2D eigenvalue weighted by Crippen LogP contribution is -2.00. The second kappa shape index (κ2) is 6.29. The normalized spacial score (nSPS) is 10.1. The Hall–Kier alpha value is -3.19. The molecule has 0 atom stereocenters. The largest absolute Gasteiger partial charge is 0.350 e. The zero-order chi connectivity index (χ0) is 16.2. The van der Waals surface area contributed by atoms with Crippen LogP contribution in [0.25, 0.3) is 11.1 Å². The number of hydrogen-bond donors (Lipinski definition) is 1. The minimum absolute atomic E-state index is 0.269. The van der Waals surface area contributed by atoms with Gasteiger partial charge in [0.25, 0.3) is 0 Å². The number of anilines is 2. The summed E-state index contributed by atoms with van der Waals surface area (Å²) in [5, 5.41) is 12.2. The summed E-state index contributed by atoms with van der Waals surface area (Å²) in [6.45, 7) is 0. The van der Waals surface area contributed by atoms with Crippen molar-refractivity contribution >= 4 is 11.4 Å². The summed E-state index contributed by atoms with van der Waals surface area (Å²) < 4.78 is 27.6. The van der Waals surface area contributed by atoms with Crippen LogP contribution >= 0.6 is 0 Å². The van der Waals surface area contributed by atoms with Crippen molar-refractivity contribution in [2.75, 3.05) is 5.32 Å². The van der Waals surface area contributed by atoms with Crippen molar-refractivity contribution in [2.24, 2.45) is 0 Å². The molecule has 2 nitrogen and oxygen atoms in total. The molecule has 0 heterocycles. The highest BCUT2D eigenvalue weighted by Gasteiger charge is 2.13. The molecule has 0 saturated carbocycles. The van der Waals surface area contributed by atoms with E-state index in [1.807, 2.05) is 30.3 Å². The molecule has 1 N–H and O–H groups in total. The van der Waals surface area contributed by atoms with Crippen LogP contribution < -0.4 is 5.32 Å². The zero-order valence-electron chi connectivity index (χ0n) is 12.1. The van der Waals surface area contributed by atoms with E-state index in [1.54, 1.807) is 18.2 Å². The summed E-state index contributed by atoms with van der Waals surface area (Å²) in [7, 11) is 0. The van der Waals surface area contributed by atoms with Crippen LogP contribution in [0, 0.1) is 23.0 Å². The van der Waals surface area contributed by atoms with Crippen molar-refractivity contribution < 1.29 is 8.78 Å². The minimum atomic E-state index is -0.709. The minimum Gasteiger partial charge on any atom is -0.350 e. The summed E-state index contributed by atoms with van der Waals surface area (Å²) in [5.41, 5.74) is 1.99. The predicted molar refractivity (Wildman–Crippen MR) is 86.2 cm³/mol. The zero-order valence-corrected chi connectivity index (χ0v) is 12.1. The lowest BCUT2D eigenvalue weighted by molar-refractivity contribution is 0.591. The first-order valence-corrected chi connectivity index (χ1v) is 7.00. The van der Waals surface area contributed by atoms with E-state index in [2.05, 4.69) is 11.4 Å². The maximum Gasteiger partial charge on any atom is 0.149 e. The average Bonchev–Trinajstić information content (AvgIpc) is 2.58. The number of nitrogens with zero attached hydrogens (tertiary/aromatic N) is 1. The fourth-order valence-electron chi connectivity index (χ4n) is 2.39. The first kappa shape index (κ1) is 14.7. The van der Waals surface area contributed by atoms with E-state index >= 15 is 0 Å². The molecule has 0 unspecified atom stereocenters. The van der Waals surface area contributed by atoms with Gasteiger partial charge in [-0.15, -0.1) is 0 Å². The Morgan fingerprint density at radius 1 is 0.783 bits per heavy atom. The molecule has 0 aliphatic rings. The number of nitriles is 1. The molecule has 3 aromatic carbocycles. The van der Waals surface area contributed by atoms with Crippen molar-refractivity contribution in [2.45, 2.75) is 0 Å². The van der Waals surface area contributed by atoms with Gasteiger partial charge in [0.2, 0.25) is 0 Å². The first-order valence-electron chi connectivity index (χ1n) is 7.00. The second-order valence-electron chi connectivity index (χ2n) is 4.93. The summed E-state index contributed by atoms with van der Waals surface area (Å²) in [5.74, 6) is -1.42. The lowest BCUT2D eigenvalue weighted by atomic mass is 9.99. The first-order chi connectivity index (χ1) is 11.2. The van der Waals surface area contributed by atoms with Gasteiger partial charge >= 0.3 is 0 Å². The van der Waals surface area contributed by atoms with Crippen molar-refractivity contribution in [1.82, 2.24) is 0 Å². The van der Waals surface area contributed by atoms with Gasteiger partial charge in [0.15, 0.2) is 0 Å². The van der Waals surface area contributed by atoms with Gasteiger partial charge in [-0.2, -0.15) is 5.26 Å². The Bertz CT molecular complexity index is 863. The van der Waals surface area contributed by atoms with Gasteiger partial charge in [0.1, 0.15) is 23.4 Å². The molecule has 0 saturated heterocycles. The Morgan fingerprint density at radius 2 is 1.43 bits per heavy atom. The Kier molecular flexibility index (Phi) is 4.03. The summed E-state index contributed by atoms with van der Waals surface area (Å²) in [4.78, 5) is 0. The molecular formula is C19H12F2N2. The van der Waals surface area contributed by atoms with Crippen molar-refractivity contribution in [3.05, 3.63) is 83.9 Å². The molecule has 0 amide bonds. The maximum atomic E-state index is 13.8. The molecule has 112 valence electrons. The SMILES string of the molecule is N#Cc1c(Nc2c(F)cccc2F)cccc1-c1ccccc1.